The van der Waals surface area contributed by atoms with Crippen molar-refractivity contribution < 1.29 is 19.3 Å². The number of benzene rings is 1. The molecule has 0 amide bonds. The highest BCUT2D eigenvalue weighted by molar-refractivity contribution is 5.40. The summed E-state index contributed by atoms with van der Waals surface area (Å²) in [4.78, 5) is 0. The van der Waals surface area contributed by atoms with Gasteiger partial charge in [-0.1, -0.05) is 0 Å². The molecule has 0 fully saturated rings. The molecule has 0 aliphatic heterocycles. The normalized spacial score (nSPS) is 12.2. The minimum Gasteiger partial charge on any atom is -0.497 e. The summed E-state index contributed by atoms with van der Waals surface area (Å²) in [6.45, 7) is 2.57. The Morgan fingerprint density at radius 1 is 1.29 bits per heavy atom. The smallest absolute Gasteiger partial charge is 0.125 e. The molecule has 1 aromatic rings. The zero-order valence-corrected chi connectivity index (χ0v) is 10.6. The lowest BCUT2D eigenvalue weighted by Crippen LogP contribution is -2.15. The highest BCUT2D eigenvalue weighted by Crippen LogP contribution is 2.25. The zero-order valence-electron chi connectivity index (χ0n) is 10.6. The minimum absolute atomic E-state index is 0.0497. The van der Waals surface area contributed by atoms with Gasteiger partial charge in [-0.2, -0.15) is 0 Å². The number of hydrogen-bond donors (Lipinski definition) is 1. The standard InChI is InChI=1S/C13H20O4/c1-10(6-7-15-2)17-13-5-4-12(16-3)8-11(13)9-14/h4-5,8,10,14H,6-7,9H2,1-3H3. The third-order valence-electron chi connectivity index (χ3n) is 2.49. The van der Waals surface area contributed by atoms with Gasteiger partial charge in [0, 0.05) is 25.7 Å². The van der Waals surface area contributed by atoms with Gasteiger partial charge in [-0.05, 0) is 25.1 Å². The van der Waals surface area contributed by atoms with Crippen LogP contribution in [0.15, 0.2) is 18.2 Å². The van der Waals surface area contributed by atoms with Gasteiger partial charge in [-0.25, -0.2) is 0 Å². The van der Waals surface area contributed by atoms with Crippen LogP contribution in [0.1, 0.15) is 18.9 Å². The first-order valence-corrected chi connectivity index (χ1v) is 5.64. The fourth-order valence-electron chi connectivity index (χ4n) is 1.48. The number of aliphatic hydroxyl groups is 1. The van der Waals surface area contributed by atoms with E-state index in [0.29, 0.717) is 18.1 Å². The van der Waals surface area contributed by atoms with Gasteiger partial charge in [-0.3, -0.25) is 0 Å². The quantitative estimate of drug-likeness (QED) is 0.791. The van der Waals surface area contributed by atoms with Crippen molar-refractivity contribution in [3.8, 4) is 11.5 Å². The van der Waals surface area contributed by atoms with Crippen LogP contribution in [0.25, 0.3) is 0 Å². The Hall–Kier alpha value is -1.26. The molecule has 4 heteroatoms. The van der Waals surface area contributed by atoms with Crippen molar-refractivity contribution in [2.24, 2.45) is 0 Å². The lowest BCUT2D eigenvalue weighted by Gasteiger charge is -2.17. The van der Waals surface area contributed by atoms with Gasteiger partial charge in [0.2, 0.25) is 0 Å². The molecule has 0 aliphatic carbocycles. The van der Waals surface area contributed by atoms with Crippen LogP contribution < -0.4 is 9.47 Å². The molecule has 0 saturated heterocycles. The summed E-state index contributed by atoms with van der Waals surface area (Å²) in [6.07, 6.45) is 0.863. The summed E-state index contributed by atoms with van der Waals surface area (Å²) in [5, 5.41) is 9.27. The zero-order chi connectivity index (χ0) is 12.7. The van der Waals surface area contributed by atoms with Crippen molar-refractivity contribution in [1.29, 1.82) is 0 Å². The predicted octanol–water partition coefficient (Wildman–Crippen LogP) is 1.99. The summed E-state index contributed by atoms with van der Waals surface area (Å²) < 4.78 is 15.8. The predicted molar refractivity (Wildman–Crippen MR) is 65.5 cm³/mol. The third-order valence-corrected chi connectivity index (χ3v) is 2.49. The van der Waals surface area contributed by atoms with E-state index < -0.39 is 0 Å². The molecule has 0 saturated carbocycles. The maximum Gasteiger partial charge on any atom is 0.125 e. The first kappa shape index (κ1) is 13.8. The van der Waals surface area contributed by atoms with Gasteiger partial charge in [0.05, 0.1) is 19.8 Å². The molecule has 1 aromatic carbocycles. The maximum atomic E-state index is 9.27. The monoisotopic (exact) mass is 240 g/mol. The van der Waals surface area contributed by atoms with E-state index in [2.05, 4.69) is 0 Å². The number of aliphatic hydroxyl groups excluding tert-OH is 1. The molecule has 0 bridgehead atoms. The van der Waals surface area contributed by atoms with Crippen LogP contribution in [0.2, 0.25) is 0 Å². The molecule has 1 unspecified atom stereocenters. The number of hydrogen-bond acceptors (Lipinski definition) is 4. The molecular weight excluding hydrogens is 220 g/mol. The van der Waals surface area contributed by atoms with E-state index in [9.17, 15) is 5.11 Å². The summed E-state index contributed by atoms with van der Waals surface area (Å²) in [6, 6.07) is 5.41. The number of methoxy groups -OCH3 is 2. The largest absolute Gasteiger partial charge is 0.497 e. The van der Waals surface area contributed by atoms with E-state index in [-0.39, 0.29) is 12.7 Å². The van der Waals surface area contributed by atoms with Gasteiger partial charge in [0.1, 0.15) is 11.5 Å². The summed E-state index contributed by atoms with van der Waals surface area (Å²) in [5.74, 6) is 1.41. The van der Waals surface area contributed by atoms with Crippen LogP contribution in [-0.2, 0) is 11.3 Å². The molecule has 0 aromatic heterocycles. The molecular formula is C13H20O4. The van der Waals surface area contributed by atoms with E-state index >= 15 is 0 Å². The van der Waals surface area contributed by atoms with Crippen molar-refractivity contribution in [2.75, 3.05) is 20.8 Å². The molecule has 1 atom stereocenters. The Balaban J connectivity index is 2.69. The average Bonchev–Trinajstić information content (AvgIpc) is 2.36. The number of ether oxygens (including phenoxy) is 3. The summed E-state index contributed by atoms with van der Waals surface area (Å²) in [5.41, 5.74) is 0.730. The van der Waals surface area contributed by atoms with Crippen molar-refractivity contribution in [3.63, 3.8) is 0 Å². The lowest BCUT2D eigenvalue weighted by molar-refractivity contribution is 0.133. The maximum absolute atomic E-state index is 9.27. The van der Waals surface area contributed by atoms with Gasteiger partial charge >= 0.3 is 0 Å². The molecule has 1 N–H and O–H groups in total. The fourth-order valence-corrected chi connectivity index (χ4v) is 1.48. The van der Waals surface area contributed by atoms with E-state index in [1.807, 2.05) is 19.1 Å². The van der Waals surface area contributed by atoms with Crippen molar-refractivity contribution in [1.82, 2.24) is 0 Å². The Bertz CT molecular complexity index is 338. The summed E-state index contributed by atoms with van der Waals surface area (Å²) >= 11 is 0. The molecule has 17 heavy (non-hydrogen) atoms. The van der Waals surface area contributed by atoms with Crippen molar-refractivity contribution in [3.05, 3.63) is 23.8 Å². The second-order valence-corrected chi connectivity index (χ2v) is 3.84. The SMILES string of the molecule is COCCC(C)Oc1ccc(OC)cc1CO. The molecule has 0 radical (unpaired) electrons. The molecule has 0 spiro atoms. The average molecular weight is 240 g/mol. The van der Waals surface area contributed by atoms with E-state index in [4.69, 9.17) is 14.2 Å². The van der Waals surface area contributed by atoms with Crippen LogP contribution in [0.5, 0.6) is 11.5 Å². The van der Waals surface area contributed by atoms with E-state index in [1.54, 1.807) is 20.3 Å². The van der Waals surface area contributed by atoms with E-state index in [0.717, 1.165) is 12.0 Å². The fraction of sp³-hybridized carbons (Fsp3) is 0.538. The third kappa shape index (κ3) is 4.24. The Morgan fingerprint density at radius 3 is 2.65 bits per heavy atom. The van der Waals surface area contributed by atoms with Crippen LogP contribution in [0, 0.1) is 0 Å². The Morgan fingerprint density at radius 2 is 2.06 bits per heavy atom. The topological polar surface area (TPSA) is 47.9 Å². The van der Waals surface area contributed by atoms with Crippen LogP contribution >= 0.6 is 0 Å². The van der Waals surface area contributed by atoms with E-state index in [1.165, 1.54) is 0 Å². The Kier molecular flexibility index (Phi) is 5.80. The van der Waals surface area contributed by atoms with Crippen LogP contribution in [0.3, 0.4) is 0 Å². The van der Waals surface area contributed by atoms with Crippen LogP contribution in [-0.4, -0.2) is 32.0 Å². The molecule has 0 aliphatic rings. The lowest BCUT2D eigenvalue weighted by atomic mass is 10.2. The molecule has 4 nitrogen and oxygen atoms in total. The van der Waals surface area contributed by atoms with Gasteiger partial charge in [0.15, 0.2) is 0 Å². The van der Waals surface area contributed by atoms with Crippen molar-refractivity contribution in [2.45, 2.75) is 26.1 Å². The first-order chi connectivity index (χ1) is 8.21. The van der Waals surface area contributed by atoms with Gasteiger partial charge in [0.25, 0.3) is 0 Å². The van der Waals surface area contributed by atoms with Crippen LogP contribution in [0.4, 0.5) is 0 Å². The molecule has 96 valence electrons. The van der Waals surface area contributed by atoms with Crippen molar-refractivity contribution >= 4 is 0 Å². The highest BCUT2D eigenvalue weighted by Gasteiger charge is 2.09. The molecule has 1 rings (SSSR count). The second kappa shape index (κ2) is 7.14. The van der Waals surface area contributed by atoms with Gasteiger partial charge in [-0.15, -0.1) is 0 Å². The second-order valence-electron chi connectivity index (χ2n) is 3.84. The van der Waals surface area contributed by atoms with Gasteiger partial charge < -0.3 is 19.3 Å². The molecule has 0 heterocycles. The Labute approximate surface area is 102 Å². The minimum atomic E-state index is -0.0659. The highest BCUT2D eigenvalue weighted by atomic mass is 16.5. The summed E-state index contributed by atoms with van der Waals surface area (Å²) in [7, 11) is 3.26. The number of rotatable bonds is 7. The first-order valence-electron chi connectivity index (χ1n) is 5.64.